The predicted octanol–water partition coefficient (Wildman–Crippen LogP) is 5.34. The fourth-order valence-corrected chi connectivity index (χ4v) is 2.48. The Kier molecular flexibility index (Phi) is 6.44. The zero-order chi connectivity index (χ0) is 19.3. The van der Waals surface area contributed by atoms with Gasteiger partial charge in [-0.3, -0.25) is 0 Å². The number of carbonyl (C=O) groups is 1. The molecule has 0 aliphatic rings. The number of alkyl halides is 3. The van der Waals surface area contributed by atoms with Crippen LogP contribution in [0.25, 0.3) is 0 Å². The van der Waals surface area contributed by atoms with Crippen molar-refractivity contribution in [1.29, 1.82) is 0 Å². The van der Waals surface area contributed by atoms with Gasteiger partial charge in [-0.05, 0) is 61.6 Å². The lowest BCUT2D eigenvalue weighted by Crippen LogP contribution is -2.19. The first-order chi connectivity index (χ1) is 12.2. The molecule has 2 aromatic rings. The SMILES string of the molecule is CCOC(=O)c1ccc(NC(=S)Nc2ccc(Cl)c(C(F)(F)F)c2)cc1. The molecular weight excluding hydrogens is 389 g/mol. The van der Waals surface area contributed by atoms with Crippen molar-refractivity contribution in [3.8, 4) is 0 Å². The summed E-state index contributed by atoms with van der Waals surface area (Å²) in [5, 5.41) is 5.17. The number of esters is 1. The van der Waals surface area contributed by atoms with Gasteiger partial charge >= 0.3 is 12.1 Å². The molecule has 9 heteroatoms. The molecule has 0 atom stereocenters. The van der Waals surface area contributed by atoms with E-state index in [1.165, 1.54) is 6.07 Å². The molecule has 0 heterocycles. The molecule has 0 spiro atoms. The van der Waals surface area contributed by atoms with Crippen LogP contribution in [0.1, 0.15) is 22.8 Å². The Morgan fingerprint density at radius 3 is 2.27 bits per heavy atom. The van der Waals surface area contributed by atoms with E-state index in [0.717, 1.165) is 12.1 Å². The molecule has 0 aliphatic carbocycles. The highest BCUT2D eigenvalue weighted by molar-refractivity contribution is 7.80. The van der Waals surface area contributed by atoms with E-state index < -0.39 is 22.7 Å². The van der Waals surface area contributed by atoms with Gasteiger partial charge in [0.05, 0.1) is 22.8 Å². The van der Waals surface area contributed by atoms with Crippen LogP contribution in [0.3, 0.4) is 0 Å². The van der Waals surface area contributed by atoms with E-state index in [2.05, 4.69) is 10.6 Å². The van der Waals surface area contributed by atoms with Crippen LogP contribution in [0.5, 0.6) is 0 Å². The number of anilines is 2. The van der Waals surface area contributed by atoms with Crippen molar-refractivity contribution in [3.63, 3.8) is 0 Å². The first-order valence-electron chi connectivity index (χ1n) is 7.42. The summed E-state index contributed by atoms with van der Waals surface area (Å²) in [5.74, 6) is -0.444. The van der Waals surface area contributed by atoms with E-state index in [4.69, 9.17) is 28.6 Å². The zero-order valence-corrected chi connectivity index (χ0v) is 15.1. The molecule has 2 aromatic carbocycles. The van der Waals surface area contributed by atoms with Crippen LogP contribution in [0.2, 0.25) is 5.02 Å². The minimum Gasteiger partial charge on any atom is -0.462 e. The Bertz CT molecular complexity index is 811. The minimum atomic E-state index is -4.56. The smallest absolute Gasteiger partial charge is 0.417 e. The average Bonchev–Trinajstić information content (AvgIpc) is 2.56. The number of ether oxygens (including phenoxy) is 1. The van der Waals surface area contributed by atoms with Crippen molar-refractivity contribution >= 4 is 46.3 Å². The van der Waals surface area contributed by atoms with Gasteiger partial charge in [0, 0.05) is 11.4 Å². The van der Waals surface area contributed by atoms with E-state index in [1.807, 2.05) is 0 Å². The molecule has 138 valence electrons. The number of halogens is 4. The summed E-state index contributed by atoms with van der Waals surface area (Å²) in [7, 11) is 0. The number of benzene rings is 2. The van der Waals surface area contributed by atoms with Gasteiger partial charge in [0.25, 0.3) is 0 Å². The van der Waals surface area contributed by atoms with E-state index >= 15 is 0 Å². The van der Waals surface area contributed by atoms with Crippen molar-refractivity contribution < 1.29 is 22.7 Å². The zero-order valence-electron chi connectivity index (χ0n) is 13.5. The fourth-order valence-electron chi connectivity index (χ4n) is 2.02. The van der Waals surface area contributed by atoms with Gasteiger partial charge in [0.1, 0.15) is 0 Å². The number of hydrogen-bond donors (Lipinski definition) is 2. The average molecular weight is 403 g/mol. The van der Waals surface area contributed by atoms with Gasteiger partial charge in [0.15, 0.2) is 5.11 Å². The fraction of sp³-hybridized carbons (Fsp3) is 0.176. The lowest BCUT2D eigenvalue weighted by atomic mass is 10.2. The number of hydrogen-bond acceptors (Lipinski definition) is 3. The number of rotatable bonds is 4. The summed E-state index contributed by atoms with van der Waals surface area (Å²) < 4.78 is 43.5. The number of nitrogens with one attached hydrogen (secondary N) is 2. The summed E-state index contributed by atoms with van der Waals surface area (Å²) in [5.41, 5.74) is 0.123. The molecule has 0 saturated heterocycles. The van der Waals surface area contributed by atoms with Gasteiger partial charge < -0.3 is 15.4 Å². The van der Waals surface area contributed by atoms with E-state index in [-0.39, 0.29) is 17.4 Å². The van der Waals surface area contributed by atoms with E-state index in [0.29, 0.717) is 11.3 Å². The molecule has 0 fully saturated rings. The maximum atomic E-state index is 12.9. The lowest BCUT2D eigenvalue weighted by Gasteiger charge is -2.14. The molecule has 26 heavy (non-hydrogen) atoms. The standard InChI is InChI=1S/C17H14ClF3N2O2S/c1-2-25-15(24)10-3-5-11(6-4-10)22-16(26)23-12-7-8-14(18)13(9-12)17(19,20)21/h3-9H,2H2,1H3,(H2,22,23,26). The monoisotopic (exact) mass is 402 g/mol. The molecule has 0 bridgehead atoms. The van der Waals surface area contributed by atoms with Crippen LogP contribution in [0.4, 0.5) is 24.5 Å². The second-order valence-electron chi connectivity index (χ2n) is 5.07. The molecule has 0 unspecified atom stereocenters. The lowest BCUT2D eigenvalue weighted by molar-refractivity contribution is -0.137. The van der Waals surface area contributed by atoms with Crippen LogP contribution >= 0.6 is 23.8 Å². The minimum absolute atomic E-state index is 0.0873. The molecular formula is C17H14ClF3N2O2S. The first-order valence-corrected chi connectivity index (χ1v) is 8.21. The molecule has 0 amide bonds. The Labute approximate surface area is 158 Å². The second-order valence-corrected chi connectivity index (χ2v) is 5.88. The summed E-state index contributed by atoms with van der Waals surface area (Å²) in [6.07, 6.45) is -4.56. The maximum Gasteiger partial charge on any atom is 0.417 e. The first kappa shape index (κ1) is 20.0. The third kappa shape index (κ3) is 5.34. The topological polar surface area (TPSA) is 50.4 Å². The van der Waals surface area contributed by atoms with Crippen molar-refractivity contribution in [1.82, 2.24) is 0 Å². The van der Waals surface area contributed by atoms with Gasteiger partial charge in [-0.1, -0.05) is 11.6 Å². The normalized spacial score (nSPS) is 11.0. The molecule has 0 radical (unpaired) electrons. The molecule has 0 aromatic heterocycles. The van der Waals surface area contributed by atoms with Gasteiger partial charge in [-0.15, -0.1) is 0 Å². The maximum absolute atomic E-state index is 12.9. The van der Waals surface area contributed by atoms with Crippen LogP contribution in [-0.2, 0) is 10.9 Å². The summed E-state index contributed by atoms with van der Waals surface area (Å²) in [6, 6.07) is 9.70. The molecule has 2 N–H and O–H groups in total. The van der Waals surface area contributed by atoms with Crippen molar-refractivity contribution in [2.75, 3.05) is 17.2 Å². The Morgan fingerprint density at radius 1 is 1.12 bits per heavy atom. The van der Waals surface area contributed by atoms with Crippen LogP contribution < -0.4 is 10.6 Å². The third-order valence-corrected chi connectivity index (χ3v) is 3.72. The second kappa shape index (κ2) is 8.37. The van der Waals surface area contributed by atoms with Crippen molar-refractivity contribution in [2.45, 2.75) is 13.1 Å². The Balaban J connectivity index is 2.04. The summed E-state index contributed by atoms with van der Waals surface area (Å²) in [4.78, 5) is 11.6. The van der Waals surface area contributed by atoms with E-state index in [9.17, 15) is 18.0 Å². The quantitative estimate of drug-likeness (QED) is 0.533. The summed E-state index contributed by atoms with van der Waals surface area (Å²) >= 11 is 10.7. The van der Waals surface area contributed by atoms with Crippen LogP contribution in [0, 0.1) is 0 Å². The highest BCUT2D eigenvalue weighted by Crippen LogP contribution is 2.36. The molecule has 4 nitrogen and oxygen atoms in total. The van der Waals surface area contributed by atoms with Gasteiger partial charge in [-0.25, -0.2) is 4.79 Å². The van der Waals surface area contributed by atoms with Gasteiger partial charge in [0.2, 0.25) is 0 Å². The molecule has 0 saturated carbocycles. The van der Waals surface area contributed by atoms with Gasteiger partial charge in [-0.2, -0.15) is 13.2 Å². The largest absolute Gasteiger partial charge is 0.462 e. The number of thiocarbonyl (C=S) groups is 1. The highest BCUT2D eigenvalue weighted by Gasteiger charge is 2.33. The molecule has 2 rings (SSSR count). The highest BCUT2D eigenvalue weighted by atomic mass is 35.5. The van der Waals surface area contributed by atoms with Crippen molar-refractivity contribution in [3.05, 3.63) is 58.6 Å². The predicted molar refractivity (Wildman–Crippen MR) is 98.7 cm³/mol. The number of carbonyl (C=O) groups excluding carboxylic acids is 1. The molecule has 0 aliphatic heterocycles. The van der Waals surface area contributed by atoms with E-state index in [1.54, 1.807) is 31.2 Å². The van der Waals surface area contributed by atoms with Crippen molar-refractivity contribution in [2.24, 2.45) is 0 Å². The van der Waals surface area contributed by atoms with Crippen LogP contribution in [0.15, 0.2) is 42.5 Å². The summed E-state index contributed by atoms with van der Waals surface area (Å²) in [6.45, 7) is 1.98. The van der Waals surface area contributed by atoms with Crippen LogP contribution in [-0.4, -0.2) is 17.7 Å². The third-order valence-electron chi connectivity index (χ3n) is 3.18. The Hall–Kier alpha value is -2.32. The Morgan fingerprint density at radius 2 is 1.69 bits per heavy atom.